The Morgan fingerprint density at radius 2 is 1.80 bits per heavy atom. The zero-order valence-electron chi connectivity index (χ0n) is 17.6. The molecule has 0 radical (unpaired) electrons. The molecule has 7 nitrogen and oxygen atoms in total. The number of amides is 2. The third-order valence-corrected chi connectivity index (χ3v) is 6.22. The first kappa shape index (κ1) is 20.3. The molecule has 1 saturated carbocycles. The van der Waals surface area contributed by atoms with E-state index in [4.69, 9.17) is 4.74 Å². The highest BCUT2D eigenvalue weighted by atomic mass is 16.5. The van der Waals surface area contributed by atoms with Crippen LogP contribution in [0.4, 0.5) is 5.69 Å². The lowest BCUT2D eigenvalue weighted by Crippen LogP contribution is -2.43. The van der Waals surface area contributed by atoms with Crippen molar-refractivity contribution in [2.24, 2.45) is 5.92 Å². The summed E-state index contributed by atoms with van der Waals surface area (Å²) >= 11 is 0. The van der Waals surface area contributed by atoms with Gasteiger partial charge in [-0.3, -0.25) is 9.59 Å². The molecule has 1 aliphatic carbocycles. The van der Waals surface area contributed by atoms with E-state index < -0.39 is 0 Å². The number of carbonyl (C=O) groups excluding carboxylic acids is 2. The average molecular weight is 409 g/mol. The van der Waals surface area contributed by atoms with E-state index in [1.54, 1.807) is 37.6 Å². The maximum absolute atomic E-state index is 12.6. The Bertz CT molecular complexity index is 917. The summed E-state index contributed by atoms with van der Waals surface area (Å²) < 4.78 is 5.13. The van der Waals surface area contributed by atoms with Crippen molar-refractivity contribution in [3.63, 3.8) is 0 Å². The summed E-state index contributed by atoms with van der Waals surface area (Å²) in [7, 11) is 1.60. The molecule has 158 valence electrons. The van der Waals surface area contributed by atoms with Gasteiger partial charge in [-0.1, -0.05) is 6.42 Å². The van der Waals surface area contributed by atoms with Crippen LogP contribution in [0.15, 0.2) is 30.5 Å². The number of aromatic nitrogens is 2. The van der Waals surface area contributed by atoms with Crippen LogP contribution in [0.5, 0.6) is 5.75 Å². The first-order valence-electron chi connectivity index (χ1n) is 10.6. The number of benzene rings is 1. The van der Waals surface area contributed by atoms with E-state index in [2.05, 4.69) is 15.3 Å². The van der Waals surface area contributed by atoms with Gasteiger partial charge in [-0.2, -0.15) is 0 Å². The van der Waals surface area contributed by atoms with Gasteiger partial charge in [-0.25, -0.2) is 9.97 Å². The van der Waals surface area contributed by atoms with Crippen LogP contribution in [0.2, 0.25) is 0 Å². The van der Waals surface area contributed by atoms with Crippen molar-refractivity contribution in [2.75, 3.05) is 25.5 Å². The molecule has 1 N–H and O–H groups in total. The van der Waals surface area contributed by atoms with Gasteiger partial charge in [0.1, 0.15) is 11.6 Å². The Balaban J connectivity index is 1.36. The van der Waals surface area contributed by atoms with Crippen LogP contribution in [0.25, 0.3) is 0 Å². The van der Waals surface area contributed by atoms with Crippen LogP contribution in [-0.2, 0) is 4.79 Å². The lowest BCUT2D eigenvalue weighted by atomic mass is 9.83. The van der Waals surface area contributed by atoms with Gasteiger partial charge >= 0.3 is 0 Å². The minimum Gasteiger partial charge on any atom is -0.497 e. The van der Waals surface area contributed by atoms with E-state index in [1.807, 2.05) is 11.8 Å². The van der Waals surface area contributed by atoms with Crippen molar-refractivity contribution in [1.29, 1.82) is 0 Å². The molecule has 1 aromatic heterocycles. The lowest BCUT2D eigenvalue weighted by molar-refractivity contribution is -0.139. The van der Waals surface area contributed by atoms with Crippen LogP contribution in [-0.4, -0.2) is 46.9 Å². The van der Waals surface area contributed by atoms with E-state index >= 15 is 0 Å². The summed E-state index contributed by atoms with van der Waals surface area (Å²) in [5.74, 6) is 2.07. The molecule has 0 spiro atoms. The molecule has 4 rings (SSSR count). The second-order valence-electron chi connectivity index (χ2n) is 8.14. The fourth-order valence-electron chi connectivity index (χ4n) is 4.05. The highest BCUT2D eigenvalue weighted by Gasteiger charge is 2.32. The largest absolute Gasteiger partial charge is 0.497 e. The van der Waals surface area contributed by atoms with E-state index in [-0.39, 0.29) is 17.7 Å². The monoisotopic (exact) mass is 408 g/mol. The maximum Gasteiger partial charge on any atom is 0.259 e. The van der Waals surface area contributed by atoms with Gasteiger partial charge in [0, 0.05) is 36.8 Å². The number of nitrogens with one attached hydrogen (secondary N) is 1. The number of methoxy groups -OCH3 is 1. The highest BCUT2D eigenvalue weighted by molar-refractivity contribution is 6.04. The Kier molecular flexibility index (Phi) is 5.97. The quantitative estimate of drug-likeness (QED) is 0.818. The highest BCUT2D eigenvalue weighted by Crippen LogP contribution is 2.32. The molecule has 7 heteroatoms. The number of carbonyl (C=O) groups is 2. The maximum atomic E-state index is 12.6. The molecular formula is C23H28N4O3. The predicted molar refractivity (Wildman–Crippen MR) is 114 cm³/mol. The molecule has 30 heavy (non-hydrogen) atoms. The van der Waals surface area contributed by atoms with Crippen LogP contribution in [0.3, 0.4) is 0 Å². The standard InChI is InChI=1S/C23H28N4O3/c1-15-20(22(28)26-18-6-8-19(30-2)9-7-18)14-24-21(25-15)16-10-12-27(13-11-16)23(29)17-4-3-5-17/h6-9,14,16-17H,3-5,10-13H2,1-2H3,(H,26,28). The van der Waals surface area contributed by atoms with Gasteiger partial charge in [0.05, 0.1) is 18.4 Å². The Morgan fingerprint density at radius 1 is 1.10 bits per heavy atom. The SMILES string of the molecule is COc1ccc(NC(=O)c2cnc(C3CCN(C(=O)C4CCC4)CC3)nc2C)cc1. The van der Waals surface area contributed by atoms with Crippen LogP contribution in [0.1, 0.15) is 59.9 Å². The summed E-state index contributed by atoms with van der Waals surface area (Å²) in [6.45, 7) is 3.37. The number of ether oxygens (including phenoxy) is 1. The molecule has 1 aliphatic heterocycles. The van der Waals surface area contributed by atoms with Crippen molar-refractivity contribution in [3.8, 4) is 5.75 Å². The van der Waals surface area contributed by atoms with E-state index in [0.717, 1.165) is 50.3 Å². The summed E-state index contributed by atoms with van der Waals surface area (Å²) in [4.78, 5) is 36.2. The van der Waals surface area contributed by atoms with E-state index in [9.17, 15) is 9.59 Å². The number of hydrogen-bond acceptors (Lipinski definition) is 5. The summed E-state index contributed by atoms with van der Waals surface area (Å²) in [5, 5.41) is 2.87. The molecular weight excluding hydrogens is 380 g/mol. The second kappa shape index (κ2) is 8.81. The van der Waals surface area contributed by atoms with Crippen molar-refractivity contribution in [1.82, 2.24) is 14.9 Å². The first-order chi connectivity index (χ1) is 14.5. The van der Waals surface area contributed by atoms with Gasteiger partial charge in [-0.05, 0) is 56.9 Å². The molecule has 2 heterocycles. The Hall–Kier alpha value is -2.96. The molecule has 0 atom stereocenters. The molecule has 2 aromatic rings. The van der Waals surface area contributed by atoms with Gasteiger partial charge in [-0.15, -0.1) is 0 Å². The molecule has 1 saturated heterocycles. The van der Waals surface area contributed by atoms with Gasteiger partial charge in [0.2, 0.25) is 5.91 Å². The Morgan fingerprint density at radius 3 is 2.37 bits per heavy atom. The van der Waals surface area contributed by atoms with Crippen LogP contribution in [0, 0.1) is 12.8 Å². The second-order valence-corrected chi connectivity index (χ2v) is 8.14. The number of anilines is 1. The smallest absolute Gasteiger partial charge is 0.259 e. The summed E-state index contributed by atoms with van der Waals surface area (Å²) in [6, 6.07) is 7.17. The van der Waals surface area contributed by atoms with Crippen LogP contribution >= 0.6 is 0 Å². The number of nitrogens with zero attached hydrogens (tertiary/aromatic N) is 3. The van der Waals surface area contributed by atoms with Crippen molar-refractivity contribution in [3.05, 3.63) is 47.5 Å². The predicted octanol–water partition coefficient (Wildman–Crippen LogP) is 3.55. The van der Waals surface area contributed by atoms with Gasteiger partial charge in [0.15, 0.2) is 0 Å². The summed E-state index contributed by atoms with van der Waals surface area (Å²) in [5.41, 5.74) is 1.82. The zero-order valence-corrected chi connectivity index (χ0v) is 17.6. The van der Waals surface area contributed by atoms with Gasteiger partial charge < -0.3 is 15.0 Å². The van der Waals surface area contributed by atoms with E-state index in [1.165, 1.54) is 6.42 Å². The molecule has 2 aliphatic rings. The minimum absolute atomic E-state index is 0.229. The zero-order chi connectivity index (χ0) is 21.1. The normalized spacial score (nSPS) is 17.3. The lowest BCUT2D eigenvalue weighted by Gasteiger charge is -2.36. The number of aryl methyl sites for hydroxylation is 1. The van der Waals surface area contributed by atoms with Crippen molar-refractivity contribution >= 4 is 17.5 Å². The molecule has 0 bridgehead atoms. The molecule has 2 amide bonds. The number of hydrogen-bond donors (Lipinski definition) is 1. The minimum atomic E-state index is -0.231. The number of rotatable bonds is 5. The van der Waals surface area contributed by atoms with Crippen molar-refractivity contribution < 1.29 is 14.3 Å². The summed E-state index contributed by atoms with van der Waals surface area (Å²) in [6.07, 6.45) is 6.62. The Labute approximate surface area is 176 Å². The fraction of sp³-hybridized carbons (Fsp3) is 0.478. The molecule has 1 aromatic carbocycles. The molecule has 2 fully saturated rings. The number of likely N-dealkylation sites (tertiary alicyclic amines) is 1. The topological polar surface area (TPSA) is 84.4 Å². The van der Waals surface area contributed by atoms with Crippen molar-refractivity contribution in [2.45, 2.75) is 44.9 Å². The molecule has 0 unspecified atom stereocenters. The third kappa shape index (κ3) is 4.30. The van der Waals surface area contributed by atoms with Crippen LogP contribution < -0.4 is 10.1 Å². The third-order valence-electron chi connectivity index (χ3n) is 6.22. The fourth-order valence-corrected chi connectivity index (χ4v) is 4.05. The van der Waals surface area contributed by atoms with E-state index in [0.29, 0.717) is 22.9 Å². The first-order valence-corrected chi connectivity index (χ1v) is 10.6. The number of piperidine rings is 1. The van der Waals surface area contributed by atoms with Gasteiger partial charge in [0.25, 0.3) is 5.91 Å². The average Bonchev–Trinajstić information content (AvgIpc) is 2.73.